The van der Waals surface area contributed by atoms with Gasteiger partial charge in [0.05, 0.1) is 11.9 Å². The van der Waals surface area contributed by atoms with Crippen LogP contribution in [0.5, 0.6) is 5.75 Å². The summed E-state index contributed by atoms with van der Waals surface area (Å²) in [6.45, 7) is 0. The van der Waals surface area contributed by atoms with Gasteiger partial charge in [-0.1, -0.05) is 29.8 Å². The lowest BCUT2D eigenvalue weighted by atomic mass is 9.90. The summed E-state index contributed by atoms with van der Waals surface area (Å²) < 4.78 is 45.3. The number of rotatable bonds is 7. The lowest BCUT2D eigenvalue weighted by Crippen LogP contribution is -2.40. The summed E-state index contributed by atoms with van der Waals surface area (Å²) in [7, 11) is 0. The quantitative estimate of drug-likeness (QED) is 0.290. The maximum atomic E-state index is 13.4. The fourth-order valence-corrected chi connectivity index (χ4v) is 4.42. The summed E-state index contributed by atoms with van der Waals surface area (Å²) in [5.74, 6) is -0.284. The third-order valence-corrected chi connectivity index (χ3v) is 6.28. The molecule has 0 aliphatic heterocycles. The Morgan fingerprint density at radius 1 is 0.972 bits per heavy atom. The van der Waals surface area contributed by atoms with Gasteiger partial charge in [0.15, 0.2) is 0 Å². The Morgan fingerprint density at radius 2 is 1.67 bits per heavy atom. The molecule has 1 fully saturated rings. The molecule has 3 aromatic rings. The van der Waals surface area contributed by atoms with E-state index in [9.17, 15) is 22.8 Å². The van der Waals surface area contributed by atoms with Crippen LogP contribution < -0.4 is 15.4 Å². The van der Waals surface area contributed by atoms with Crippen LogP contribution in [0.25, 0.3) is 10.9 Å². The second-order valence-corrected chi connectivity index (χ2v) is 9.20. The molecule has 0 bridgehead atoms. The summed E-state index contributed by atoms with van der Waals surface area (Å²) in [6, 6.07) is 14.1. The Morgan fingerprint density at radius 3 is 2.36 bits per heavy atom. The molecule has 1 aliphatic rings. The van der Waals surface area contributed by atoms with Crippen molar-refractivity contribution in [1.29, 1.82) is 0 Å². The van der Waals surface area contributed by atoms with E-state index in [0.29, 0.717) is 47.5 Å². The molecule has 1 heterocycles. The highest BCUT2D eigenvalue weighted by Crippen LogP contribution is 2.35. The average Bonchev–Trinajstić information content (AvgIpc) is 2.84. The number of hydrogen-bond donors (Lipinski definition) is 2. The van der Waals surface area contributed by atoms with Crippen LogP contribution in [0.2, 0.25) is 5.02 Å². The van der Waals surface area contributed by atoms with E-state index in [0.717, 1.165) is 6.07 Å². The Labute approximate surface area is 211 Å². The van der Waals surface area contributed by atoms with E-state index < -0.39 is 17.8 Å². The predicted octanol–water partition coefficient (Wildman–Crippen LogP) is 6.13. The third-order valence-electron chi connectivity index (χ3n) is 6.04. The van der Waals surface area contributed by atoms with Gasteiger partial charge in [0, 0.05) is 34.6 Å². The van der Waals surface area contributed by atoms with Gasteiger partial charge < -0.3 is 15.4 Å². The first-order chi connectivity index (χ1) is 17.2. The highest BCUT2D eigenvalue weighted by atomic mass is 35.5. The van der Waals surface area contributed by atoms with Crippen molar-refractivity contribution in [2.75, 3.05) is 5.32 Å². The molecule has 1 aliphatic carbocycles. The van der Waals surface area contributed by atoms with Gasteiger partial charge in [0.1, 0.15) is 11.4 Å². The number of benzene rings is 2. The van der Waals surface area contributed by atoms with Crippen LogP contribution >= 0.6 is 11.6 Å². The molecular formula is C26H25ClF3N3O3. The number of ether oxygens (including phenoxy) is 1. The lowest BCUT2D eigenvalue weighted by molar-refractivity contribution is -0.141. The van der Waals surface area contributed by atoms with E-state index in [-0.39, 0.29) is 36.3 Å². The van der Waals surface area contributed by atoms with Gasteiger partial charge in [-0.05, 0) is 62.1 Å². The minimum absolute atomic E-state index is 0.0217. The molecule has 1 amide bonds. The van der Waals surface area contributed by atoms with Crippen LogP contribution in [0.15, 0.2) is 54.6 Å². The zero-order valence-electron chi connectivity index (χ0n) is 19.3. The molecule has 0 radical (unpaired) electrons. The van der Waals surface area contributed by atoms with Gasteiger partial charge in [-0.25, -0.2) is 4.98 Å². The Balaban J connectivity index is 1.29. The van der Waals surface area contributed by atoms with Gasteiger partial charge >= 0.3 is 12.1 Å². The number of fused-ring (bicyclic) bond motifs is 1. The van der Waals surface area contributed by atoms with E-state index in [2.05, 4.69) is 15.6 Å². The van der Waals surface area contributed by atoms with E-state index in [1.807, 2.05) is 6.07 Å². The first-order valence-electron chi connectivity index (χ1n) is 11.7. The standard InChI is InChI=1S/C26H25ClF3N3O3/c27-16-6-11-21-20(14-16)22(15-23(33-21)26(28,29)30)31-17-7-9-18(10-8-17)32-24(34)12-13-25(35)36-19-4-2-1-3-5-19/h1-6,11,14-15,17-18H,7-10,12-13H2,(H,31,33)(H,32,34). The normalized spacial score (nSPS) is 18.0. The molecule has 0 atom stereocenters. The van der Waals surface area contributed by atoms with Gasteiger partial charge in [-0.2, -0.15) is 13.2 Å². The number of alkyl halides is 3. The number of nitrogens with one attached hydrogen (secondary N) is 2. The van der Waals surface area contributed by atoms with Crippen LogP contribution in [0, 0.1) is 0 Å². The summed E-state index contributed by atoms with van der Waals surface area (Å²) in [4.78, 5) is 28.0. The van der Waals surface area contributed by atoms with Crippen molar-refractivity contribution in [3.63, 3.8) is 0 Å². The number of pyridine rings is 1. The molecule has 0 spiro atoms. The number of carbonyl (C=O) groups is 2. The fourth-order valence-electron chi connectivity index (χ4n) is 4.25. The number of amides is 1. The van der Waals surface area contributed by atoms with Gasteiger partial charge in [-0.3, -0.25) is 9.59 Å². The van der Waals surface area contributed by atoms with Crippen LogP contribution in [-0.4, -0.2) is 28.9 Å². The summed E-state index contributed by atoms with van der Waals surface area (Å²) >= 11 is 6.07. The molecule has 4 rings (SSSR count). The number of halogens is 4. The van der Waals surface area contributed by atoms with Crippen molar-refractivity contribution in [2.45, 2.75) is 56.8 Å². The van der Waals surface area contributed by atoms with Crippen LogP contribution in [0.3, 0.4) is 0 Å². The highest BCUT2D eigenvalue weighted by Gasteiger charge is 2.34. The largest absolute Gasteiger partial charge is 0.433 e. The molecule has 0 unspecified atom stereocenters. The minimum Gasteiger partial charge on any atom is -0.427 e. The molecule has 2 N–H and O–H groups in total. The summed E-state index contributed by atoms with van der Waals surface area (Å²) in [5.41, 5.74) is -0.422. The molecule has 0 saturated heterocycles. The fraction of sp³-hybridized carbons (Fsp3) is 0.346. The van der Waals surface area contributed by atoms with E-state index in [4.69, 9.17) is 16.3 Å². The van der Waals surface area contributed by atoms with Crippen molar-refractivity contribution in [2.24, 2.45) is 0 Å². The Kier molecular flexibility index (Phi) is 7.98. The van der Waals surface area contributed by atoms with Crippen molar-refractivity contribution in [3.05, 3.63) is 65.3 Å². The number of aromatic nitrogens is 1. The second kappa shape index (κ2) is 11.2. The van der Waals surface area contributed by atoms with Crippen LogP contribution in [-0.2, 0) is 15.8 Å². The zero-order chi connectivity index (χ0) is 25.7. The molecule has 1 aromatic heterocycles. The predicted molar refractivity (Wildman–Crippen MR) is 131 cm³/mol. The number of carbonyl (C=O) groups excluding carboxylic acids is 2. The van der Waals surface area contributed by atoms with Crippen molar-refractivity contribution in [1.82, 2.24) is 10.3 Å². The summed E-state index contributed by atoms with van der Waals surface area (Å²) in [5, 5.41) is 7.10. The van der Waals surface area contributed by atoms with Crippen LogP contribution in [0.4, 0.5) is 18.9 Å². The molecule has 36 heavy (non-hydrogen) atoms. The number of anilines is 1. The number of hydrogen-bond acceptors (Lipinski definition) is 5. The lowest BCUT2D eigenvalue weighted by Gasteiger charge is -2.30. The van der Waals surface area contributed by atoms with Gasteiger partial charge in [0.25, 0.3) is 0 Å². The monoisotopic (exact) mass is 519 g/mol. The van der Waals surface area contributed by atoms with Crippen molar-refractivity contribution < 1.29 is 27.5 Å². The topological polar surface area (TPSA) is 80.3 Å². The van der Waals surface area contributed by atoms with Crippen LogP contribution in [0.1, 0.15) is 44.2 Å². The minimum atomic E-state index is -4.57. The molecule has 6 nitrogen and oxygen atoms in total. The first kappa shape index (κ1) is 25.8. The molecule has 1 saturated carbocycles. The zero-order valence-corrected chi connectivity index (χ0v) is 20.0. The Bertz CT molecular complexity index is 1230. The van der Waals surface area contributed by atoms with E-state index in [1.54, 1.807) is 30.3 Å². The maximum absolute atomic E-state index is 13.4. The van der Waals surface area contributed by atoms with Crippen molar-refractivity contribution in [3.8, 4) is 5.75 Å². The molecule has 190 valence electrons. The first-order valence-corrected chi connectivity index (χ1v) is 12.0. The number of para-hydroxylation sites is 1. The second-order valence-electron chi connectivity index (χ2n) is 8.76. The maximum Gasteiger partial charge on any atom is 0.433 e. The summed E-state index contributed by atoms with van der Waals surface area (Å²) in [6.07, 6.45) is -1.94. The number of nitrogens with zero attached hydrogens (tertiary/aromatic N) is 1. The highest BCUT2D eigenvalue weighted by molar-refractivity contribution is 6.31. The SMILES string of the molecule is O=C(CCC(=O)Oc1ccccc1)NC1CCC(Nc2cc(C(F)(F)F)nc3ccc(Cl)cc23)CC1. The van der Waals surface area contributed by atoms with Gasteiger partial charge in [0.2, 0.25) is 5.91 Å². The van der Waals surface area contributed by atoms with E-state index >= 15 is 0 Å². The van der Waals surface area contributed by atoms with Gasteiger partial charge in [-0.15, -0.1) is 0 Å². The number of esters is 1. The Hall–Kier alpha value is -3.33. The van der Waals surface area contributed by atoms with E-state index in [1.165, 1.54) is 12.1 Å². The molecule has 2 aromatic carbocycles. The third kappa shape index (κ3) is 6.87. The molecular weight excluding hydrogens is 495 g/mol. The van der Waals surface area contributed by atoms with Crippen molar-refractivity contribution >= 4 is 40.1 Å². The molecule has 10 heteroatoms. The smallest absolute Gasteiger partial charge is 0.427 e. The average molecular weight is 520 g/mol.